The molecule has 0 aromatic heterocycles. The van der Waals surface area contributed by atoms with Crippen molar-refractivity contribution >= 4 is 49.6 Å². The van der Waals surface area contributed by atoms with Crippen LogP contribution in [0.25, 0.3) is 0 Å². The van der Waals surface area contributed by atoms with E-state index in [0.717, 1.165) is 5.56 Å². The van der Waals surface area contributed by atoms with Crippen LogP contribution in [0.15, 0.2) is 10.5 Å². The zero-order valence-electron chi connectivity index (χ0n) is 9.53. The van der Waals surface area contributed by atoms with E-state index in [1.807, 2.05) is 0 Å². The van der Waals surface area contributed by atoms with Crippen molar-refractivity contribution < 1.29 is 14.0 Å². The highest BCUT2D eigenvalue weighted by Crippen LogP contribution is 2.28. The third kappa shape index (κ3) is 3.77. The second-order valence-electron chi connectivity index (χ2n) is 3.80. The summed E-state index contributed by atoms with van der Waals surface area (Å²) in [7, 11) is 0. The van der Waals surface area contributed by atoms with Crippen LogP contribution < -0.4 is 0 Å². The largest absolute Gasteiger partial charge is 0.281 e. The molecular formula is C12H10BrCl2FO2. The van der Waals surface area contributed by atoms with Crippen LogP contribution in [-0.4, -0.2) is 10.5 Å². The minimum atomic E-state index is -0.838. The Morgan fingerprint density at radius 3 is 2.50 bits per heavy atom. The van der Waals surface area contributed by atoms with Gasteiger partial charge in [-0.2, -0.15) is 0 Å². The summed E-state index contributed by atoms with van der Waals surface area (Å²) in [5.41, 5.74) is 1.13. The van der Waals surface area contributed by atoms with Crippen LogP contribution in [0.1, 0.15) is 34.3 Å². The topological polar surface area (TPSA) is 34.1 Å². The van der Waals surface area contributed by atoms with Gasteiger partial charge < -0.3 is 0 Å². The molecule has 0 saturated carbocycles. The summed E-state index contributed by atoms with van der Waals surface area (Å²) in [4.78, 5) is 21.9. The molecule has 1 aromatic rings. The minimum Gasteiger partial charge on any atom is -0.281 e. The minimum absolute atomic E-state index is 0.126. The summed E-state index contributed by atoms with van der Waals surface area (Å²) in [6.07, 6.45) is 0.982. The summed E-state index contributed by atoms with van der Waals surface area (Å²) < 4.78 is 14.3. The summed E-state index contributed by atoms with van der Waals surface area (Å²) in [5.74, 6) is -0.667. The van der Waals surface area contributed by atoms with E-state index in [1.54, 1.807) is 6.92 Å². The van der Waals surface area contributed by atoms with Gasteiger partial charge in [-0.15, -0.1) is 0 Å². The molecule has 0 N–H and O–H groups in total. The number of carbonyl (C=O) groups excluding carboxylic acids is 2. The average Bonchev–Trinajstić information content (AvgIpc) is 2.23. The van der Waals surface area contributed by atoms with E-state index in [9.17, 15) is 14.0 Å². The van der Waals surface area contributed by atoms with E-state index in [2.05, 4.69) is 15.9 Å². The normalized spacial score (nSPS) is 10.5. The predicted molar refractivity (Wildman–Crippen MR) is 72.8 cm³/mol. The molecule has 0 radical (unpaired) electrons. The molecule has 0 saturated heterocycles. The van der Waals surface area contributed by atoms with Crippen molar-refractivity contribution in [3.63, 3.8) is 0 Å². The molecule has 0 aliphatic heterocycles. The lowest BCUT2D eigenvalue weighted by molar-refractivity contribution is -0.111. The molecule has 0 bridgehead atoms. The molecule has 1 rings (SSSR count). The van der Waals surface area contributed by atoms with Crippen molar-refractivity contribution in [3.05, 3.63) is 33.0 Å². The van der Waals surface area contributed by atoms with Gasteiger partial charge in [0, 0.05) is 10.9 Å². The first-order valence-corrected chi connectivity index (χ1v) is 6.75. The molecule has 2 nitrogen and oxygen atoms in total. The van der Waals surface area contributed by atoms with Gasteiger partial charge in [-0.1, -0.05) is 15.9 Å². The lowest BCUT2D eigenvalue weighted by atomic mass is 9.97. The van der Waals surface area contributed by atoms with E-state index in [0.29, 0.717) is 22.9 Å². The van der Waals surface area contributed by atoms with E-state index < -0.39 is 16.3 Å². The Kier molecular flexibility index (Phi) is 5.76. The van der Waals surface area contributed by atoms with Crippen LogP contribution in [0.2, 0.25) is 0 Å². The highest BCUT2D eigenvalue weighted by Gasteiger charge is 2.19. The highest BCUT2D eigenvalue weighted by molar-refractivity contribution is 9.10. The Morgan fingerprint density at radius 2 is 2.00 bits per heavy atom. The number of hydrogen-bond acceptors (Lipinski definition) is 2. The van der Waals surface area contributed by atoms with E-state index >= 15 is 0 Å². The lowest BCUT2D eigenvalue weighted by Crippen LogP contribution is -2.06. The van der Waals surface area contributed by atoms with Gasteiger partial charge in [0.1, 0.15) is 5.82 Å². The van der Waals surface area contributed by atoms with Crippen molar-refractivity contribution in [3.8, 4) is 0 Å². The van der Waals surface area contributed by atoms with Crippen LogP contribution in [0.5, 0.6) is 0 Å². The smallest absolute Gasteiger partial charge is 0.255 e. The first-order valence-electron chi connectivity index (χ1n) is 5.20. The van der Waals surface area contributed by atoms with Gasteiger partial charge in [0.15, 0.2) is 0 Å². The van der Waals surface area contributed by atoms with Gasteiger partial charge in [0.2, 0.25) is 5.24 Å². The van der Waals surface area contributed by atoms with Crippen LogP contribution in [0, 0.1) is 12.7 Å². The number of hydrogen-bond donors (Lipinski definition) is 0. The van der Waals surface area contributed by atoms with Gasteiger partial charge in [-0.3, -0.25) is 9.59 Å². The van der Waals surface area contributed by atoms with Gasteiger partial charge in [-0.05, 0) is 60.2 Å². The SMILES string of the molecule is Cc1c(Br)cc(F)c(C(=O)Cl)c1CCCC(=O)Cl. The van der Waals surface area contributed by atoms with Crippen molar-refractivity contribution in [2.24, 2.45) is 0 Å². The summed E-state index contributed by atoms with van der Waals surface area (Å²) in [6, 6.07) is 1.21. The Balaban J connectivity index is 3.13. The summed E-state index contributed by atoms with van der Waals surface area (Å²) in [5, 5.41) is -1.29. The van der Waals surface area contributed by atoms with Crippen LogP contribution >= 0.6 is 39.1 Å². The van der Waals surface area contributed by atoms with Crippen LogP contribution in [0.3, 0.4) is 0 Å². The first-order chi connectivity index (χ1) is 8.34. The average molecular weight is 356 g/mol. The molecular weight excluding hydrogens is 346 g/mol. The number of benzene rings is 1. The van der Waals surface area contributed by atoms with Crippen molar-refractivity contribution in [2.75, 3.05) is 0 Å². The van der Waals surface area contributed by atoms with E-state index in [4.69, 9.17) is 23.2 Å². The third-order valence-electron chi connectivity index (χ3n) is 2.60. The molecule has 98 valence electrons. The molecule has 0 heterocycles. The molecule has 18 heavy (non-hydrogen) atoms. The summed E-state index contributed by atoms with van der Waals surface area (Å²) in [6.45, 7) is 1.75. The number of carbonyl (C=O) groups is 2. The molecule has 0 aliphatic rings. The fraction of sp³-hybridized carbons (Fsp3) is 0.333. The predicted octanol–water partition coefficient (Wildman–Crippen LogP) is 4.36. The molecule has 0 aliphatic carbocycles. The maximum absolute atomic E-state index is 13.7. The van der Waals surface area contributed by atoms with Gasteiger partial charge in [0.25, 0.3) is 5.24 Å². The lowest BCUT2D eigenvalue weighted by Gasteiger charge is -2.12. The Morgan fingerprint density at radius 1 is 1.39 bits per heavy atom. The fourth-order valence-corrected chi connectivity index (χ4v) is 2.47. The Labute approximate surface area is 123 Å². The van der Waals surface area contributed by atoms with E-state index in [1.165, 1.54) is 6.07 Å². The zero-order chi connectivity index (χ0) is 13.9. The molecule has 0 fully saturated rings. The third-order valence-corrected chi connectivity index (χ3v) is 3.80. The van der Waals surface area contributed by atoms with Crippen molar-refractivity contribution in [1.82, 2.24) is 0 Å². The molecule has 0 amide bonds. The first kappa shape index (κ1) is 15.6. The van der Waals surface area contributed by atoms with Crippen LogP contribution in [-0.2, 0) is 11.2 Å². The Bertz CT molecular complexity index is 503. The maximum atomic E-state index is 13.7. The number of rotatable bonds is 5. The summed E-state index contributed by atoms with van der Waals surface area (Å²) >= 11 is 13.8. The molecule has 6 heteroatoms. The standard InChI is InChI=1S/C12H10BrCl2FO2/c1-6-7(3-2-4-10(14)17)11(12(15)18)9(16)5-8(6)13/h5H,2-4H2,1H3. The number of halogens is 4. The second-order valence-corrected chi connectivity index (χ2v) is 5.42. The zero-order valence-corrected chi connectivity index (χ0v) is 12.6. The molecule has 0 atom stereocenters. The fourth-order valence-electron chi connectivity index (χ4n) is 1.70. The highest BCUT2D eigenvalue weighted by atomic mass is 79.9. The maximum Gasteiger partial charge on any atom is 0.255 e. The van der Waals surface area contributed by atoms with Crippen LogP contribution in [0.4, 0.5) is 4.39 Å². The Hall–Kier alpha value is -0.450. The monoisotopic (exact) mass is 354 g/mol. The molecule has 0 unspecified atom stereocenters. The molecule has 1 aromatic carbocycles. The quantitative estimate of drug-likeness (QED) is 0.735. The van der Waals surface area contributed by atoms with Crippen molar-refractivity contribution in [1.29, 1.82) is 0 Å². The second kappa shape index (κ2) is 6.64. The van der Waals surface area contributed by atoms with Crippen molar-refractivity contribution in [2.45, 2.75) is 26.2 Å². The molecule has 0 spiro atoms. The van der Waals surface area contributed by atoms with Gasteiger partial charge >= 0.3 is 0 Å². The van der Waals surface area contributed by atoms with E-state index in [-0.39, 0.29) is 12.0 Å². The van der Waals surface area contributed by atoms with Gasteiger partial charge in [-0.25, -0.2) is 4.39 Å². The van der Waals surface area contributed by atoms with Gasteiger partial charge in [0.05, 0.1) is 5.56 Å².